The van der Waals surface area contributed by atoms with Gasteiger partial charge in [-0.15, -0.1) is 0 Å². The summed E-state index contributed by atoms with van der Waals surface area (Å²) < 4.78 is 10.6. The summed E-state index contributed by atoms with van der Waals surface area (Å²) >= 11 is 0. The molecule has 1 N–H and O–H groups in total. The Morgan fingerprint density at radius 2 is 1.65 bits per heavy atom. The van der Waals surface area contributed by atoms with Crippen molar-refractivity contribution in [2.45, 2.75) is 6.92 Å². The number of aryl methyl sites for hydroxylation is 1. The molecular formula is C21H20N2O3. The number of aromatic nitrogens is 2. The maximum atomic E-state index is 12.2. The number of ether oxygens (including phenoxy) is 2. The normalized spacial score (nSPS) is 10.9. The highest BCUT2D eigenvalue weighted by atomic mass is 16.5. The minimum atomic E-state index is -0.0517. The molecule has 26 heavy (non-hydrogen) atoms. The number of hydrogen-bond donors (Lipinski definition) is 1. The highest BCUT2D eigenvalue weighted by Crippen LogP contribution is 2.29. The van der Waals surface area contributed by atoms with E-state index in [0.717, 1.165) is 22.5 Å². The standard InChI is InChI=1S/C21H20N2O3/c1-14-4-6-15(7-5-14)21(24)9-8-17-12-20(23-22-17)16-10-18(25-2)13-19(11-16)26-3/h4-13H,1-3H3,(H,22,23). The topological polar surface area (TPSA) is 64.2 Å². The number of rotatable bonds is 6. The van der Waals surface area contributed by atoms with Crippen LogP contribution in [0.15, 0.2) is 54.6 Å². The van der Waals surface area contributed by atoms with Crippen LogP contribution < -0.4 is 9.47 Å². The van der Waals surface area contributed by atoms with Gasteiger partial charge in [-0.2, -0.15) is 5.10 Å². The number of ketones is 1. The van der Waals surface area contributed by atoms with E-state index in [9.17, 15) is 4.79 Å². The summed E-state index contributed by atoms with van der Waals surface area (Å²) in [5, 5.41) is 7.23. The van der Waals surface area contributed by atoms with E-state index in [1.807, 2.05) is 49.4 Å². The molecule has 0 saturated carbocycles. The zero-order valence-electron chi connectivity index (χ0n) is 14.9. The molecule has 0 spiro atoms. The molecule has 5 nitrogen and oxygen atoms in total. The van der Waals surface area contributed by atoms with Gasteiger partial charge in [-0.3, -0.25) is 9.89 Å². The summed E-state index contributed by atoms with van der Waals surface area (Å²) in [5.41, 5.74) is 4.12. The minimum absolute atomic E-state index is 0.0517. The molecule has 0 aliphatic rings. The SMILES string of the molecule is COc1cc(OC)cc(-c2cc(C=CC(=O)c3ccc(C)cc3)[nH]n2)c1. The monoisotopic (exact) mass is 348 g/mol. The van der Waals surface area contributed by atoms with E-state index in [1.54, 1.807) is 26.4 Å². The summed E-state index contributed by atoms with van der Waals surface area (Å²) in [7, 11) is 3.21. The van der Waals surface area contributed by atoms with Crippen molar-refractivity contribution in [3.63, 3.8) is 0 Å². The Balaban J connectivity index is 1.79. The number of nitrogens with one attached hydrogen (secondary N) is 1. The molecule has 0 bridgehead atoms. The van der Waals surface area contributed by atoms with Crippen LogP contribution in [0.5, 0.6) is 11.5 Å². The van der Waals surface area contributed by atoms with Crippen LogP contribution in [-0.2, 0) is 0 Å². The number of H-pyrrole nitrogens is 1. The van der Waals surface area contributed by atoms with E-state index in [4.69, 9.17) is 9.47 Å². The number of carbonyl (C=O) groups excluding carboxylic acids is 1. The first-order valence-corrected chi connectivity index (χ1v) is 8.17. The molecule has 0 aliphatic carbocycles. The first-order valence-electron chi connectivity index (χ1n) is 8.17. The molecule has 3 rings (SSSR count). The third-order valence-electron chi connectivity index (χ3n) is 4.00. The van der Waals surface area contributed by atoms with Crippen molar-refractivity contribution in [2.75, 3.05) is 14.2 Å². The van der Waals surface area contributed by atoms with Crippen LogP contribution in [0.2, 0.25) is 0 Å². The van der Waals surface area contributed by atoms with E-state index < -0.39 is 0 Å². The van der Waals surface area contributed by atoms with Crippen LogP contribution in [0.1, 0.15) is 21.6 Å². The van der Waals surface area contributed by atoms with E-state index in [-0.39, 0.29) is 5.78 Å². The second-order valence-electron chi connectivity index (χ2n) is 5.87. The number of nitrogens with zero attached hydrogens (tertiary/aromatic N) is 1. The third kappa shape index (κ3) is 4.00. The maximum absolute atomic E-state index is 12.2. The van der Waals surface area contributed by atoms with Gasteiger partial charge < -0.3 is 9.47 Å². The average Bonchev–Trinajstić information content (AvgIpc) is 3.15. The van der Waals surface area contributed by atoms with Gasteiger partial charge in [-0.05, 0) is 37.3 Å². The van der Waals surface area contributed by atoms with Gasteiger partial charge >= 0.3 is 0 Å². The smallest absolute Gasteiger partial charge is 0.185 e. The first kappa shape index (κ1) is 17.5. The number of allylic oxidation sites excluding steroid dienone is 1. The van der Waals surface area contributed by atoms with Gasteiger partial charge in [0.05, 0.1) is 25.6 Å². The second kappa shape index (κ2) is 7.70. The summed E-state index contributed by atoms with van der Waals surface area (Å²) in [6, 6.07) is 14.9. The second-order valence-corrected chi connectivity index (χ2v) is 5.87. The Kier molecular flexibility index (Phi) is 5.17. The van der Waals surface area contributed by atoms with Gasteiger partial charge in [-0.1, -0.05) is 29.8 Å². The van der Waals surface area contributed by atoms with Crippen molar-refractivity contribution in [3.8, 4) is 22.8 Å². The van der Waals surface area contributed by atoms with E-state index in [2.05, 4.69) is 10.2 Å². The highest BCUT2D eigenvalue weighted by Gasteiger charge is 2.08. The summed E-state index contributed by atoms with van der Waals surface area (Å²) in [6.45, 7) is 1.99. The zero-order valence-corrected chi connectivity index (χ0v) is 14.9. The fourth-order valence-corrected chi connectivity index (χ4v) is 2.50. The number of hydrogen-bond acceptors (Lipinski definition) is 4. The molecule has 1 aromatic heterocycles. The van der Waals surface area contributed by atoms with Crippen LogP contribution in [0.4, 0.5) is 0 Å². The van der Waals surface area contributed by atoms with Crippen LogP contribution in [-0.4, -0.2) is 30.2 Å². The molecule has 1 heterocycles. The third-order valence-corrected chi connectivity index (χ3v) is 4.00. The summed E-state index contributed by atoms with van der Waals surface area (Å²) in [4.78, 5) is 12.2. The van der Waals surface area contributed by atoms with Crippen molar-refractivity contribution in [2.24, 2.45) is 0 Å². The van der Waals surface area contributed by atoms with Crippen LogP contribution in [0, 0.1) is 6.92 Å². The van der Waals surface area contributed by atoms with Crippen LogP contribution in [0.25, 0.3) is 17.3 Å². The fraction of sp³-hybridized carbons (Fsp3) is 0.143. The lowest BCUT2D eigenvalue weighted by atomic mass is 10.1. The van der Waals surface area contributed by atoms with Crippen LogP contribution in [0.3, 0.4) is 0 Å². The number of aromatic amines is 1. The Morgan fingerprint density at radius 1 is 1.00 bits per heavy atom. The molecule has 2 aromatic carbocycles. The average molecular weight is 348 g/mol. The minimum Gasteiger partial charge on any atom is -0.497 e. The summed E-state index contributed by atoms with van der Waals surface area (Å²) in [5.74, 6) is 1.33. The van der Waals surface area contributed by atoms with E-state index in [0.29, 0.717) is 17.1 Å². The lowest BCUT2D eigenvalue weighted by Crippen LogP contribution is -1.93. The summed E-state index contributed by atoms with van der Waals surface area (Å²) in [6.07, 6.45) is 3.25. The zero-order chi connectivity index (χ0) is 18.5. The fourth-order valence-electron chi connectivity index (χ4n) is 2.50. The van der Waals surface area contributed by atoms with E-state index >= 15 is 0 Å². The molecule has 3 aromatic rings. The lowest BCUT2D eigenvalue weighted by molar-refractivity contribution is 0.104. The van der Waals surface area contributed by atoms with Gasteiger partial charge in [0, 0.05) is 17.2 Å². The van der Waals surface area contributed by atoms with Crippen molar-refractivity contribution in [1.29, 1.82) is 0 Å². The molecule has 0 aliphatic heterocycles. The van der Waals surface area contributed by atoms with Gasteiger partial charge in [0.15, 0.2) is 5.78 Å². The predicted molar refractivity (Wildman–Crippen MR) is 102 cm³/mol. The molecule has 0 saturated heterocycles. The van der Waals surface area contributed by atoms with Gasteiger partial charge in [-0.25, -0.2) is 0 Å². The molecule has 5 heteroatoms. The maximum Gasteiger partial charge on any atom is 0.185 e. The van der Waals surface area contributed by atoms with Gasteiger partial charge in [0.2, 0.25) is 0 Å². The van der Waals surface area contributed by atoms with Gasteiger partial charge in [0.25, 0.3) is 0 Å². The molecule has 0 amide bonds. The quantitative estimate of drug-likeness (QED) is 0.533. The van der Waals surface area contributed by atoms with Crippen LogP contribution >= 0.6 is 0 Å². The molecule has 0 unspecified atom stereocenters. The molecular weight excluding hydrogens is 328 g/mol. The van der Waals surface area contributed by atoms with E-state index in [1.165, 1.54) is 6.08 Å². The Hall–Kier alpha value is -3.34. The number of methoxy groups -OCH3 is 2. The molecule has 0 atom stereocenters. The largest absolute Gasteiger partial charge is 0.497 e. The predicted octanol–water partition coefficient (Wildman–Crippen LogP) is 4.30. The molecule has 132 valence electrons. The lowest BCUT2D eigenvalue weighted by Gasteiger charge is -2.06. The Morgan fingerprint density at radius 3 is 2.27 bits per heavy atom. The highest BCUT2D eigenvalue weighted by molar-refractivity contribution is 6.06. The molecule has 0 radical (unpaired) electrons. The van der Waals surface area contributed by atoms with Crippen molar-refractivity contribution in [3.05, 3.63) is 71.4 Å². The van der Waals surface area contributed by atoms with Crippen molar-refractivity contribution < 1.29 is 14.3 Å². The van der Waals surface area contributed by atoms with Crippen molar-refractivity contribution >= 4 is 11.9 Å². The van der Waals surface area contributed by atoms with Crippen molar-refractivity contribution in [1.82, 2.24) is 10.2 Å². The number of carbonyl (C=O) groups is 1. The first-order chi connectivity index (χ1) is 12.6. The number of benzene rings is 2. The van der Waals surface area contributed by atoms with Gasteiger partial charge in [0.1, 0.15) is 11.5 Å². The molecule has 0 fully saturated rings. The Bertz CT molecular complexity index is 918. The Labute approximate surface area is 152 Å².